The molecule has 7 heteroatoms. The summed E-state index contributed by atoms with van der Waals surface area (Å²) in [5.74, 6) is -0.327. The summed E-state index contributed by atoms with van der Waals surface area (Å²) in [6.07, 6.45) is 1.33. The molecule has 0 bridgehead atoms. The number of likely N-dealkylation sites (tertiary alicyclic amines) is 1. The fourth-order valence-corrected chi connectivity index (χ4v) is 3.85. The SMILES string of the molecule is CCN(Cc1cccc(F)c1)C(=O)C1CCCN1C(=O)c1cc(Cl)ccc1OC. The Balaban J connectivity index is 1.81. The van der Waals surface area contributed by atoms with Crippen molar-refractivity contribution in [2.45, 2.75) is 32.4 Å². The van der Waals surface area contributed by atoms with Gasteiger partial charge in [0.15, 0.2) is 0 Å². The number of carbonyl (C=O) groups is 2. The second kappa shape index (κ2) is 9.27. The van der Waals surface area contributed by atoms with Crippen LogP contribution >= 0.6 is 11.6 Å². The van der Waals surface area contributed by atoms with Crippen LogP contribution in [0.15, 0.2) is 42.5 Å². The molecule has 1 fully saturated rings. The number of halogens is 2. The zero-order valence-electron chi connectivity index (χ0n) is 16.5. The number of amides is 2. The molecule has 1 heterocycles. The van der Waals surface area contributed by atoms with E-state index in [1.54, 1.807) is 40.1 Å². The molecular weight excluding hydrogens is 395 g/mol. The second-order valence-electron chi connectivity index (χ2n) is 6.98. The molecule has 0 saturated carbocycles. The third-order valence-electron chi connectivity index (χ3n) is 5.15. The number of rotatable bonds is 6. The minimum Gasteiger partial charge on any atom is -0.496 e. The van der Waals surface area contributed by atoms with Crippen LogP contribution in [0, 0.1) is 5.82 Å². The van der Waals surface area contributed by atoms with Crippen LogP contribution in [0.5, 0.6) is 5.75 Å². The third-order valence-corrected chi connectivity index (χ3v) is 5.38. The number of ether oxygens (including phenoxy) is 1. The van der Waals surface area contributed by atoms with E-state index < -0.39 is 6.04 Å². The Labute approximate surface area is 175 Å². The molecule has 3 rings (SSSR count). The van der Waals surface area contributed by atoms with E-state index in [2.05, 4.69) is 0 Å². The number of benzene rings is 2. The first kappa shape index (κ1) is 21.1. The Kier molecular flexibility index (Phi) is 6.75. The lowest BCUT2D eigenvalue weighted by molar-refractivity contribution is -0.135. The molecule has 29 heavy (non-hydrogen) atoms. The van der Waals surface area contributed by atoms with E-state index in [0.717, 1.165) is 6.42 Å². The van der Waals surface area contributed by atoms with Gasteiger partial charge in [-0.05, 0) is 55.7 Å². The van der Waals surface area contributed by atoms with Gasteiger partial charge in [0.2, 0.25) is 5.91 Å². The van der Waals surface area contributed by atoms with Crippen LogP contribution in [0.4, 0.5) is 4.39 Å². The monoisotopic (exact) mass is 418 g/mol. The van der Waals surface area contributed by atoms with Gasteiger partial charge < -0.3 is 14.5 Å². The maximum absolute atomic E-state index is 13.5. The largest absolute Gasteiger partial charge is 0.496 e. The van der Waals surface area contributed by atoms with E-state index in [1.807, 2.05) is 6.92 Å². The van der Waals surface area contributed by atoms with Crippen LogP contribution in [0.2, 0.25) is 5.02 Å². The highest BCUT2D eigenvalue weighted by Gasteiger charge is 2.37. The summed E-state index contributed by atoms with van der Waals surface area (Å²) in [6.45, 7) is 3.13. The molecule has 0 aromatic heterocycles. The van der Waals surface area contributed by atoms with E-state index in [4.69, 9.17) is 16.3 Å². The third kappa shape index (κ3) is 4.70. The van der Waals surface area contributed by atoms with Crippen LogP contribution in [-0.4, -0.2) is 47.9 Å². The Morgan fingerprint density at radius 1 is 1.28 bits per heavy atom. The van der Waals surface area contributed by atoms with E-state index in [9.17, 15) is 14.0 Å². The zero-order valence-corrected chi connectivity index (χ0v) is 17.3. The normalized spacial score (nSPS) is 16.0. The van der Waals surface area contributed by atoms with Crippen molar-refractivity contribution >= 4 is 23.4 Å². The quantitative estimate of drug-likeness (QED) is 0.708. The molecule has 1 saturated heterocycles. The van der Waals surface area contributed by atoms with Crippen molar-refractivity contribution in [3.8, 4) is 5.75 Å². The van der Waals surface area contributed by atoms with Gasteiger partial charge in [-0.25, -0.2) is 4.39 Å². The lowest BCUT2D eigenvalue weighted by Gasteiger charge is -2.30. The Hall–Kier alpha value is -2.60. The van der Waals surface area contributed by atoms with Gasteiger partial charge in [0.05, 0.1) is 12.7 Å². The number of hydrogen-bond donors (Lipinski definition) is 0. The molecule has 2 amide bonds. The van der Waals surface area contributed by atoms with Crippen LogP contribution in [-0.2, 0) is 11.3 Å². The van der Waals surface area contributed by atoms with Gasteiger partial charge in [0.25, 0.3) is 5.91 Å². The van der Waals surface area contributed by atoms with Crippen molar-refractivity contribution in [1.29, 1.82) is 0 Å². The predicted octanol–water partition coefficient (Wildman–Crippen LogP) is 4.14. The van der Waals surface area contributed by atoms with Crippen LogP contribution < -0.4 is 4.74 Å². The van der Waals surface area contributed by atoms with Crippen LogP contribution in [0.3, 0.4) is 0 Å². The van der Waals surface area contributed by atoms with Gasteiger partial charge in [0, 0.05) is 24.7 Å². The number of hydrogen-bond acceptors (Lipinski definition) is 3. The van der Waals surface area contributed by atoms with Gasteiger partial charge in [0.1, 0.15) is 17.6 Å². The second-order valence-corrected chi connectivity index (χ2v) is 7.42. The van der Waals surface area contributed by atoms with E-state index in [0.29, 0.717) is 48.0 Å². The van der Waals surface area contributed by atoms with Gasteiger partial charge in [-0.15, -0.1) is 0 Å². The fourth-order valence-electron chi connectivity index (χ4n) is 3.68. The summed E-state index contributed by atoms with van der Waals surface area (Å²) < 4.78 is 18.8. The first-order valence-corrected chi connectivity index (χ1v) is 10.00. The Morgan fingerprint density at radius 3 is 2.76 bits per heavy atom. The summed E-state index contributed by atoms with van der Waals surface area (Å²) >= 11 is 6.07. The van der Waals surface area contributed by atoms with Crippen LogP contribution in [0.1, 0.15) is 35.7 Å². The van der Waals surface area contributed by atoms with E-state index in [1.165, 1.54) is 19.2 Å². The summed E-state index contributed by atoms with van der Waals surface area (Å²) in [5.41, 5.74) is 1.06. The van der Waals surface area contributed by atoms with Gasteiger partial charge >= 0.3 is 0 Å². The number of carbonyl (C=O) groups excluding carboxylic acids is 2. The molecule has 0 radical (unpaired) electrons. The minimum absolute atomic E-state index is 0.136. The zero-order chi connectivity index (χ0) is 21.0. The molecule has 154 valence electrons. The van der Waals surface area contributed by atoms with Gasteiger partial charge in [-0.2, -0.15) is 0 Å². The summed E-state index contributed by atoms with van der Waals surface area (Å²) in [7, 11) is 1.49. The van der Waals surface area contributed by atoms with Crippen LogP contribution in [0.25, 0.3) is 0 Å². The maximum atomic E-state index is 13.5. The first-order valence-electron chi connectivity index (χ1n) is 9.62. The summed E-state index contributed by atoms with van der Waals surface area (Å²) in [5, 5.41) is 0.428. The molecule has 0 spiro atoms. The number of methoxy groups -OCH3 is 1. The fraction of sp³-hybridized carbons (Fsp3) is 0.364. The smallest absolute Gasteiger partial charge is 0.258 e. The average Bonchev–Trinajstić information content (AvgIpc) is 3.21. The van der Waals surface area contributed by atoms with Crippen molar-refractivity contribution in [2.24, 2.45) is 0 Å². The first-order chi connectivity index (χ1) is 13.9. The minimum atomic E-state index is -0.556. The molecular formula is C22H24ClFN2O3. The average molecular weight is 419 g/mol. The highest BCUT2D eigenvalue weighted by atomic mass is 35.5. The molecule has 2 aromatic carbocycles. The van der Waals surface area contributed by atoms with Crippen molar-refractivity contribution in [1.82, 2.24) is 9.80 Å². The summed E-state index contributed by atoms with van der Waals surface area (Å²) in [4.78, 5) is 29.6. The highest BCUT2D eigenvalue weighted by molar-refractivity contribution is 6.31. The highest BCUT2D eigenvalue weighted by Crippen LogP contribution is 2.28. The lowest BCUT2D eigenvalue weighted by Crippen LogP contribution is -2.47. The molecule has 0 N–H and O–H groups in total. The molecule has 2 aromatic rings. The maximum Gasteiger partial charge on any atom is 0.258 e. The Bertz CT molecular complexity index is 905. The molecule has 1 aliphatic rings. The van der Waals surface area contributed by atoms with Gasteiger partial charge in [-0.1, -0.05) is 23.7 Å². The predicted molar refractivity (Wildman–Crippen MR) is 110 cm³/mol. The molecule has 1 atom stereocenters. The molecule has 1 aliphatic heterocycles. The summed E-state index contributed by atoms with van der Waals surface area (Å²) in [6, 6.07) is 10.5. The van der Waals surface area contributed by atoms with Crippen molar-refractivity contribution in [3.63, 3.8) is 0 Å². The molecule has 1 unspecified atom stereocenters. The van der Waals surface area contributed by atoms with Gasteiger partial charge in [-0.3, -0.25) is 9.59 Å². The lowest BCUT2D eigenvalue weighted by atomic mass is 10.1. The molecule has 5 nitrogen and oxygen atoms in total. The van der Waals surface area contributed by atoms with E-state index in [-0.39, 0.29) is 17.6 Å². The number of nitrogens with zero attached hydrogens (tertiary/aromatic N) is 2. The number of likely N-dealkylation sites (N-methyl/N-ethyl adjacent to an activating group) is 1. The van der Waals surface area contributed by atoms with Crippen molar-refractivity contribution < 1.29 is 18.7 Å². The standard InChI is InChI=1S/C22H24ClFN2O3/c1-3-25(14-15-6-4-7-17(24)12-15)22(28)19-8-5-11-26(19)21(27)18-13-16(23)9-10-20(18)29-2/h4,6-7,9-10,12-13,19H,3,5,8,11,14H2,1-2H3. The molecule has 0 aliphatic carbocycles. The topological polar surface area (TPSA) is 49.9 Å². The Morgan fingerprint density at radius 2 is 2.07 bits per heavy atom. The van der Waals surface area contributed by atoms with Crippen molar-refractivity contribution in [3.05, 3.63) is 64.4 Å². The van der Waals surface area contributed by atoms with Crippen molar-refractivity contribution in [2.75, 3.05) is 20.2 Å². The van der Waals surface area contributed by atoms with E-state index >= 15 is 0 Å².